The van der Waals surface area contributed by atoms with Crippen molar-refractivity contribution < 1.29 is 9.53 Å². The van der Waals surface area contributed by atoms with Gasteiger partial charge in [0.05, 0.1) is 19.6 Å². The monoisotopic (exact) mass is 394 g/mol. The summed E-state index contributed by atoms with van der Waals surface area (Å²) in [6.45, 7) is 4.18. The Morgan fingerprint density at radius 3 is 2.81 bits per heavy atom. The normalized spacial score (nSPS) is 16.7. The molecule has 0 spiro atoms. The lowest BCUT2D eigenvalue weighted by Crippen LogP contribution is -2.49. The smallest absolute Gasteiger partial charge is 0.227 e. The number of carbonyl (C=O) groups excluding carboxylic acids is 1. The van der Waals surface area contributed by atoms with Gasteiger partial charge in [0.25, 0.3) is 0 Å². The standard InChI is InChI=1S/C20H23ClN2O2.ClH/c1-14-7-8-15(11-19(14)25-2)12-20(24)23-10-9-22-13-18(23)16-5-3-4-6-17(16)21;/h3-8,11,18,22H,9-10,12-13H2,1-2H3;1H. The van der Waals surface area contributed by atoms with E-state index in [1.165, 1.54) is 0 Å². The molecule has 1 aliphatic rings. The SMILES string of the molecule is COc1cc(CC(=O)N2CCNCC2c2ccccc2Cl)ccc1C.Cl. The van der Waals surface area contributed by atoms with E-state index >= 15 is 0 Å². The molecule has 0 aromatic heterocycles. The van der Waals surface area contributed by atoms with Crippen LogP contribution >= 0.6 is 24.0 Å². The van der Waals surface area contributed by atoms with Crippen LogP contribution in [-0.4, -0.2) is 37.6 Å². The number of hydrogen-bond acceptors (Lipinski definition) is 3. The van der Waals surface area contributed by atoms with Crippen LogP contribution in [0.1, 0.15) is 22.7 Å². The van der Waals surface area contributed by atoms with Crippen molar-refractivity contribution in [2.45, 2.75) is 19.4 Å². The molecule has 1 heterocycles. The molecule has 1 N–H and O–H groups in total. The van der Waals surface area contributed by atoms with Crippen LogP contribution in [-0.2, 0) is 11.2 Å². The van der Waals surface area contributed by atoms with Crippen molar-refractivity contribution in [3.63, 3.8) is 0 Å². The van der Waals surface area contributed by atoms with Crippen molar-refractivity contribution in [3.8, 4) is 5.75 Å². The van der Waals surface area contributed by atoms with Gasteiger partial charge in [0, 0.05) is 24.7 Å². The second kappa shape index (κ2) is 9.26. The molecule has 1 saturated heterocycles. The number of nitrogens with one attached hydrogen (secondary N) is 1. The Bertz CT molecular complexity index is 767. The molecule has 0 radical (unpaired) electrons. The van der Waals surface area contributed by atoms with Crippen LogP contribution < -0.4 is 10.1 Å². The molecule has 0 aliphatic carbocycles. The number of aryl methyl sites for hydroxylation is 1. The fourth-order valence-corrected chi connectivity index (χ4v) is 3.54. The Morgan fingerprint density at radius 2 is 2.08 bits per heavy atom. The molecule has 1 fully saturated rings. The summed E-state index contributed by atoms with van der Waals surface area (Å²) in [5.74, 6) is 0.922. The third-order valence-corrected chi connectivity index (χ3v) is 5.00. The maximum Gasteiger partial charge on any atom is 0.227 e. The Morgan fingerprint density at radius 1 is 1.31 bits per heavy atom. The third-order valence-electron chi connectivity index (χ3n) is 4.66. The highest BCUT2D eigenvalue weighted by molar-refractivity contribution is 6.31. The minimum atomic E-state index is -0.0395. The van der Waals surface area contributed by atoms with Crippen molar-refractivity contribution in [1.29, 1.82) is 0 Å². The first-order valence-corrected chi connectivity index (χ1v) is 8.86. The van der Waals surface area contributed by atoms with Gasteiger partial charge in [-0.2, -0.15) is 0 Å². The van der Waals surface area contributed by atoms with Crippen molar-refractivity contribution in [1.82, 2.24) is 10.2 Å². The summed E-state index contributed by atoms with van der Waals surface area (Å²) in [4.78, 5) is 14.9. The lowest BCUT2D eigenvalue weighted by atomic mass is 10.0. The molecule has 0 bridgehead atoms. The first-order chi connectivity index (χ1) is 12.1. The zero-order valence-corrected chi connectivity index (χ0v) is 16.6. The summed E-state index contributed by atoms with van der Waals surface area (Å²) < 4.78 is 5.37. The van der Waals surface area contributed by atoms with Gasteiger partial charge in [0.1, 0.15) is 5.75 Å². The average molecular weight is 395 g/mol. The van der Waals surface area contributed by atoms with Gasteiger partial charge in [-0.1, -0.05) is 41.9 Å². The lowest BCUT2D eigenvalue weighted by molar-refractivity contribution is -0.133. The molecule has 26 heavy (non-hydrogen) atoms. The minimum Gasteiger partial charge on any atom is -0.496 e. The van der Waals surface area contributed by atoms with Crippen LogP contribution in [0.4, 0.5) is 0 Å². The van der Waals surface area contributed by atoms with E-state index in [4.69, 9.17) is 16.3 Å². The Hall–Kier alpha value is -1.75. The van der Waals surface area contributed by atoms with Gasteiger partial charge in [-0.05, 0) is 35.7 Å². The Labute approximate surface area is 165 Å². The molecule has 1 aliphatic heterocycles. The number of amides is 1. The minimum absolute atomic E-state index is 0. The van der Waals surface area contributed by atoms with Crippen LogP contribution in [0.5, 0.6) is 5.75 Å². The first kappa shape index (κ1) is 20.6. The average Bonchev–Trinajstić information content (AvgIpc) is 2.63. The Kier molecular flexibility index (Phi) is 7.33. The predicted molar refractivity (Wildman–Crippen MR) is 107 cm³/mol. The largest absolute Gasteiger partial charge is 0.496 e. The van der Waals surface area contributed by atoms with E-state index < -0.39 is 0 Å². The van der Waals surface area contributed by atoms with Crippen LogP contribution in [0.25, 0.3) is 0 Å². The molecule has 2 aromatic carbocycles. The van der Waals surface area contributed by atoms with Crippen LogP contribution in [0.3, 0.4) is 0 Å². The molecule has 6 heteroatoms. The zero-order valence-electron chi connectivity index (χ0n) is 15.0. The van der Waals surface area contributed by atoms with Gasteiger partial charge in [-0.15, -0.1) is 12.4 Å². The highest BCUT2D eigenvalue weighted by Crippen LogP contribution is 2.29. The first-order valence-electron chi connectivity index (χ1n) is 8.48. The summed E-state index contributed by atoms with van der Waals surface area (Å²) in [5.41, 5.74) is 3.02. The number of halogens is 2. The number of carbonyl (C=O) groups is 1. The van der Waals surface area contributed by atoms with Crippen LogP contribution in [0.2, 0.25) is 5.02 Å². The van der Waals surface area contributed by atoms with Gasteiger partial charge in [0.2, 0.25) is 5.91 Å². The number of benzene rings is 2. The molecule has 2 aromatic rings. The van der Waals surface area contributed by atoms with Crippen molar-refractivity contribution in [2.24, 2.45) is 0 Å². The summed E-state index contributed by atoms with van der Waals surface area (Å²) in [6, 6.07) is 13.6. The van der Waals surface area contributed by atoms with Crippen molar-refractivity contribution in [2.75, 3.05) is 26.7 Å². The predicted octanol–water partition coefficient (Wildman–Crippen LogP) is 3.79. The molecular formula is C20H24Cl2N2O2. The van der Waals surface area contributed by atoms with Crippen LogP contribution in [0.15, 0.2) is 42.5 Å². The number of piperazine rings is 1. The number of hydrogen-bond donors (Lipinski definition) is 1. The highest BCUT2D eigenvalue weighted by atomic mass is 35.5. The maximum atomic E-state index is 13.0. The van der Waals surface area contributed by atoms with Gasteiger partial charge >= 0.3 is 0 Å². The number of ether oxygens (including phenoxy) is 1. The van der Waals surface area contributed by atoms with Gasteiger partial charge in [0.15, 0.2) is 0 Å². The summed E-state index contributed by atoms with van der Waals surface area (Å²) >= 11 is 6.36. The lowest BCUT2D eigenvalue weighted by Gasteiger charge is -2.37. The second-order valence-electron chi connectivity index (χ2n) is 6.31. The molecule has 0 saturated carbocycles. The van der Waals surface area contributed by atoms with E-state index in [-0.39, 0.29) is 24.4 Å². The van der Waals surface area contributed by atoms with Crippen molar-refractivity contribution >= 4 is 29.9 Å². The fourth-order valence-electron chi connectivity index (χ4n) is 3.28. The number of rotatable bonds is 4. The van der Waals surface area contributed by atoms with E-state index in [1.54, 1.807) is 7.11 Å². The summed E-state index contributed by atoms with van der Waals surface area (Å²) in [7, 11) is 1.65. The van der Waals surface area contributed by atoms with E-state index in [0.717, 1.165) is 29.0 Å². The molecule has 4 nitrogen and oxygen atoms in total. The van der Waals surface area contributed by atoms with Crippen molar-refractivity contribution in [3.05, 3.63) is 64.2 Å². The third kappa shape index (κ3) is 4.50. The maximum absolute atomic E-state index is 13.0. The van der Waals surface area contributed by atoms with E-state index in [0.29, 0.717) is 24.5 Å². The molecule has 3 rings (SSSR count). The molecule has 1 amide bonds. The summed E-state index contributed by atoms with van der Waals surface area (Å²) in [5, 5.41) is 4.06. The number of nitrogens with zero attached hydrogens (tertiary/aromatic N) is 1. The van der Waals surface area contributed by atoms with Crippen LogP contribution in [0, 0.1) is 6.92 Å². The second-order valence-corrected chi connectivity index (χ2v) is 6.72. The van der Waals surface area contributed by atoms with E-state index in [1.807, 2.05) is 54.3 Å². The summed E-state index contributed by atoms with van der Waals surface area (Å²) in [6.07, 6.45) is 0.359. The zero-order chi connectivity index (χ0) is 17.8. The fraction of sp³-hybridized carbons (Fsp3) is 0.350. The van der Waals surface area contributed by atoms with Gasteiger partial charge in [-0.25, -0.2) is 0 Å². The molecular weight excluding hydrogens is 371 g/mol. The highest BCUT2D eigenvalue weighted by Gasteiger charge is 2.29. The topological polar surface area (TPSA) is 41.6 Å². The quantitative estimate of drug-likeness (QED) is 0.857. The number of methoxy groups -OCH3 is 1. The molecule has 140 valence electrons. The van der Waals surface area contributed by atoms with E-state index in [9.17, 15) is 4.79 Å². The van der Waals surface area contributed by atoms with Gasteiger partial charge < -0.3 is 15.0 Å². The van der Waals surface area contributed by atoms with E-state index in [2.05, 4.69) is 5.32 Å². The molecule has 1 unspecified atom stereocenters. The van der Waals surface area contributed by atoms with Gasteiger partial charge in [-0.3, -0.25) is 4.79 Å². The molecule has 1 atom stereocenters. The Balaban J connectivity index is 0.00000243.